The molecular formula is C14H20N2O3. The summed E-state index contributed by atoms with van der Waals surface area (Å²) in [4.78, 5) is 12.0. The molecule has 0 spiro atoms. The first-order valence-electron chi connectivity index (χ1n) is 6.94. The number of rotatable bonds is 5. The minimum absolute atomic E-state index is 0.000765. The number of nitrogens with one attached hydrogen (secondary N) is 2. The first kappa shape index (κ1) is 12.7. The van der Waals surface area contributed by atoms with Crippen LogP contribution in [0.15, 0.2) is 22.8 Å². The van der Waals surface area contributed by atoms with E-state index in [0.717, 1.165) is 18.6 Å². The van der Waals surface area contributed by atoms with Crippen molar-refractivity contribution in [2.24, 2.45) is 0 Å². The van der Waals surface area contributed by atoms with Crippen LogP contribution in [0.4, 0.5) is 0 Å². The minimum atomic E-state index is -0.206. The van der Waals surface area contributed by atoms with Gasteiger partial charge in [0.1, 0.15) is 5.76 Å². The molecule has 2 fully saturated rings. The van der Waals surface area contributed by atoms with E-state index in [4.69, 9.17) is 9.15 Å². The smallest absolute Gasteiger partial charge is 0.237 e. The van der Waals surface area contributed by atoms with Crippen LogP contribution in [-0.2, 0) is 16.1 Å². The SMILES string of the molecule is CC(NC1CC2CCC1O2)C(=O)NCc1ccco1. The Morgan fingerprint density at radius 1 is 1.53 bits per heavy atom. The van der Waals surface area contributed by atoms with Crippen molar-refractivity contribution in [3.63, 3.8) is 0 Å². The highest BCUT2D eigenvalue weighted by Gasteiger charge is 2.41. The van der Waals surface area contributed by atoms with E-state index < -0.39 is 0 Å². The van der Waals surface area contributed by atoms with Gasteiger partial charge in [-0.2, -0.15) is 0 Å². The van der Waals surface area contributed by atoms with Gasteiger partial charge in [0.05, 0.1) is 31.1 Å². The second-order valence-corrected chi connectivity index (χ2v) is 5.40. The van der Waals surface area contributed by atoms with Crippen LogP contribution in [0, 0.1) is 0 Å². The highest BCUT2D eigenvalue weighted by molar-refractivity contribution is 5.81. The van der Waals surface area contributed by atoms with Crippen LogP contribution in [0.1, 0.15) is 31.9 Å². The normalized spacial score (nSPS) is 30.5. The highest BCUT2D eigenvalue weighted by atomic mass is 16.5. The van der Waals surface area contributed by atoms with Crippen LogP contribution >= 0.6 is 0 Å². The monoisotopic (exact) mass is 264 g/mol. The van der Waals surface area contributed by atoms with E-state index in [2.05, 4.69) is 10.6 Å². The first-order chi connectivity index (χ1) is 9.22. The zero-order chi connectivity index (χ0) is 13.2. The van der Waals surface area contributed by atoms with Crippen molar-refractivity contribution in [3.8, 4) is 0 Å². The van der Waals surface area contributed by atoms with Gasteiger partial charge in [0.25, 0.3) is 0 Å². The van der Waals surface area contributed by atoms with Gasteiger partial charge in [-0.25, -0.2) is 0 Å². The summed E-state index contributed by atoms with van der Waals surface area (Å²) in [7, 11) is 0. The van der Waals surface area contributed by atoms with Gasteiger partial charge in [0.15, 0.2) is 0 Å². The van der Waals surface area contributed by atoms with Crippen LogP contribution < -0.4 is 10.6 Å². The van der Waals surface area contributed by atoms with Crippen molar-refractivity contribution in [2.75, 3.05) is 0 Å². The van der Waals surface area contributed by atoms with Crippen molar-refractivity contribution in [2.45, 2.75) is 57.0 Å². The van der Waals surface area contributed by atoms with Crippen molar-refractivity contribution in [1.29, 1.82) is 0 Å². The number of ether oxygens (including phenoxy) is 1. The summed E-state index contributed by atoms with van der Waals surface area (Å²) in [5.41, 5.74) is 0. The lowest BCUT2D eigenvalue weighted by molar-refractivity contribution is -0.123. The lowest BCUT2D eigenvalue weighted by Crippen LogP contribution is -2.49. The molecule has 4 unspecified atom stereocenters. The maximum Gasteiger partial charge on any atom is 0.237 e. The van der Waals surface area contributed by atoms with Crippen molar-refractivity contribution in [1.82, 2.24) is 10.6 Å². The van der Waals surface area contributed by atoms with Crippen LogP contribution in [0.3, 0.4) is 0 Å². The van der Waals surface area contributed by atoms with E-state index in [1.807, 2.05) is 19.1 Å². The summed E-state index contributed by atoms with van der Waals surface area (Å²) in [6.07, 6.45) is 5.62. The van der Waals surface area contributed by atoms with Gasteiger partial charge in [0, 0.05) is 6.04 Å². The van der Waals surface area contributed by atoms with E-state index in [1.165, 1.54) is 6.42 Å². The largest absolute Gasteiger partial charge is 0.467 e. The number of carbonyl (C=O) groups excluding carboxylic acids is 1. The molecule has 0 aromatic carbocycles. The molecule has 3 rings (SSSR count). The average Bonchev–Trinajstić information content (AvgIpc) is 3.12. The number of hydrogen-bond acceptors (Lipinski definition) is 4. The van der Waals surface area contributed by atoms with Crippen LogP contribution in [0.25, 0.3) is 0 Å². The number of furan rings is 1. The Morgan fingerprint density at radius 2 is 2.42 bits per heavy atom. The van der Waals surface area contributed by atoms with Crippen molar-refractivity contribution in [3.05, 3.63) is 24.2 Å². The maximum absolute atomic E-state index is 12.0. The van der Waals surface area contributed by atoms with E-state index in [0.29, 0.717) is 24.8 Å². The molecular weight excluding hydrogens is 244 g/mol. The summed E-state index contributed by atoms with van der Waals surface area (Å²) in [6.45, 7) is 2.33. The average molecular weight is 264 g/mol. The maximum atomic E-state index is 12.0. The molecule has 5 heteroatoms. The quantitative estimate of drug-likeness (QED) is 0.838. The third-order valence-electron chi connectivity index (χ3n) is 3.98. The zero-order valence-electron chi connectivity index (χ0n) is 11.1. The number of fused-ring (bicyclic) bond motifs is 2. The van der Waals surface area contributed by atoms with Crippen LogP contribution in [-0.4, -0.2) is 30.2 Å². The lowest BCUT2D eigenvalue weighted by atomic mass is 9.95. The highest BCUT2D eigenvalue weighted by Crippen LogP contribution is 2.34. The van der Waals surface area contributed by atoms with E-state index >= 15 is 0 Å². The molecule has 0 aliphatic carbocycles. The number of amides is 1. The number of carbonyl (C=O) groups is 1. The standard InChI is InChI=1S/C14H20N2O3/c1-9(14(17)15-8-11-3-2-6-18-11)16-12-7-10-4-5-13(12)19-10/h2-3,6,9-10,12-13,16H,4-5,7-8H2,1H3,(H,15,17). The molecule has 5 nitrogen and oxygen atoms in total. The minimum Gasteiger partial charge on any atom is -0.467 e. The second-order valence-electron chi connectivity index (χ2n) is 5.40. The molecule has 104 valence electrons. The molecule has 0 saturated carbocycles. The summed E-state index contributed by atoms with van der Waals surface area (Å²) in [6, 6.07) is 3.78. The third-order valence-corrected chi connectivity index (χ3v) is 3.98. The summed E-state index contributed by atoms with van der Waals surface area (Å²) < 4.78 is 11.0. The first-order valence-corrected chi connectivity index (χ1v) is 6.94. The number of hydrogen-bond donors (Lipinski definition) is 2. The fraction of sp³-hybridized carbons (Fsp3) is 0.643. The van der Waals surface area contributed by atoms with Crippen LogP contribution in [0.5, 0.6) is 0 Å². The molecule has 3 heterocycles. The molecule has 2 aliphatic rings. The Hall–Kier alpha value is -1.33. The van der Waals surface area contributed by atoms with Gasteiger partial charge in [-0.3, -0.25) is 4.79 Å². The van der Waals surface area contributed by atoms with Gasteiger partial charge in [0.2, 0.25) is 5.91 Å². The molecule has 2 bridgehead atoms. The predicted molar refractivity (Wildman–Crippen MR) is 69.5 cm³/mol. The topological polar surface area (TPSA) is 63.5 Å². The Labute approximate surface area is 112 Å². The fourth-order valence-corrected chi connectivity index (χ4v) is 2.95. The molecule has 0 radical (unpaired) electrons. The molecule has 1 amide bonds. The molecule has 2 aliphatic heterocycles. The summed E-state index contributed by atoms with van der Waals surface area (Å²) >= 11 is 0. The Morgan fingerprint density at radius 3 is 3.05 bits per heavy atom. The fourth-order valence-electron chi connectivity index (χ4n) is 2.95. The van der Waals surface area contributed by atoms with E-state index in [9.17, 15) is 4.79 Å². The van der Waals surface area contributed by atoms with Gasteiger partial charge < -0.3 is 19.8 Å². The summed E-state index contributed by atoms with van der Waals surface area (Å²) in [5.74, 6) is 0.767. The Balaban J connectivity index is 1.44. The van der Waals surface area contributed by atoms with Crippen LogP contribution in [0.2, 0.25) is 0 Å². The molecule has 1 aromatic rings. The lowest BCUT2D eigenvalue weighted by Gasteiger charge is -2.23. The third kappa shape index (κ3) is 2.82. The van der Waals surface area contributed by atoms with Gasteiger partial charge in [-0.1, -0.05) is 0 Å². The molecule has 2 saturated heterocycles. The molecule has 1 aromatic heterocycles. The molecule has 4 atom stereocenters. The summed E-state index contributed by atoms with van der Waals surface area (Å²) in [5, 5.41) is 6.24. The predicted octanol–water partition coefficient (Wildman–Crippen LogP) is 1.19. The van der Waals surface area contributed by atoms with Crippen molar-refractivity contribution < 1.29 is 13.9 Å². The van der Waals surface area contributed by atoms with E-state index in [-0.39, 0.29) is 11.9 Å². The Bertz CT molecular complexity index is 432. The second kappa shape index (κ2) is 5.35. The van der Waals surface area contributed by atoms with Gasteiger partial charge >= 0.3 is 0 Å². The molecule has 2 N–H and O–H groups in total. The van der Waals surface area contributed by atoms with Gasteiger partial charge in [-0.15, -0.1) is 0 Å². The van der Waals surface area contributed by atoms with E-state index in [1.54, 1.807) is 6.26 Å². The molecule has 19 heavy (non-hydrogen) atoms. The van der Waals surface area contributed by atoms with Gasteiger partial charge in [-0.05, 0) is 38.3 Å². The van der Waals surface area contributed by atoms with Crippen molar-refractivity contribution >= 4 is 5.91 Å². The Kier molecular flexibility index (Phi) is 3.57. The zero-order valence-corrected chi connectivity index (χ0v) is 11.1.